The van der Waals surface area contributed by atoms with E-state index in [4.69, 9.17) is 23.8 Å². The van der Waals surface area contributed by atoms with Crippen molar-refractivity contribution in [2.45, 2.75) is 96.8 Å². The number of nitrogens with one attached hydrogen (secondary N) is 2. The zero-order valence-corrected chi connectivity index (χ0v) is 19.7. The van der Waals surface area contributed by atoms with Crippen molar-refractivity contribution < 1.29 is 4.79 Å². The van der Waals surface area contributed by atoms with Crippen molar-refractivity contribution in [1.29, 1.82) is 0 Å². The van der Waals surface area contributed by atoms with Crippen LogP contribution in [0.4, 0.5) is 0 Å². The smallest absolute Gasteiger partial charge is 0.257 e. The Morgan fingerprint density at radius 2 is 1.24 bits per heavy atom. The average Bonchev–Trinajstić information content (AvgIpc) is 2.71. The Bertz CT molecular complexity index is 563. The molecule has 2 N–H and O–H groups in total. The fraction of sp³-hybridized carbons (Fsp3) is 0.667. The number of unbranched alkanes of at least 4 members (excludes halogenated alkanes) is 13. The molecule has 3 nitrogen and oxygen atoms in total. The van der Waals surface area contributed by atoms with Crippen LogP contribution in [0, 0.1) is 0 Å². The molecule has 5 heteroatoms. The summed E-state index contributed by atoms with van der Waals surface area (Å²) in [6.45, 7) is 3.08. The van der Waals surface area contributed by atoms with Crippen molar-refractivity contribution in [2.75, 3.05) is 6.54 Å². The largest absolute Gasteiger partial charge is 0.362 e. The van der Waals surface area contributed by atoms with Crippen LogP contribution < -0.4 is 10.6 Å². The molecule has 0 aliphatic rings. The van der Waals surface area contributed by atoms with E-state index in [-0.39, 0.29) is 5.91 Å². The third-order valence-corrected chi connectivity index (χ3v) is 5.65. The molecule has 1 aromatic carbocycles. The van der Waals surface area contributed by atoms with Gasteiger partial charge in [-0.15, -0.1) is 0 Å². The van der Waals surface area contributed by atoms with Gasteiger partial charge in [-0.3, -0.25) is 10.1 Å². The number of carbonyl (C=O) groups is 1. The molecular weight excluding hydrogens is 400 g/mol. The third kappa shape index (κ3) is 14.5. The Hall–Kier alpha value is -1.13. The Balaban J connectivity index is 1.87. The summed E-state index contributed by atoms with van der Waals surface area (Å²) in [5.74, 6) is -0.208. The van der Waals surface area contributed by atoms with Crippen molar-refractivity contribution in [3.63, 3.8) is 0 Å². The summed E-state index contributed by atoms with van der Waals surface area (Å²) >= 11 is 11.0. The van der Waals surface area contributed by atoms with E-state index in [1.165, 1.54) is 83.5 Å². The van der Waals surface area contributed by atoms with Gasteiger partial charge in [-0.25, -0.2) is 0 Å². The molecular formula is C24H39ClN2OS. The van der Waals surface area contributed by atoms with Crippen LogP contribution in [0.3, 0.4) is 0 Å². The SMILES string of the molecule is CCCCCCCCCCCCCCCCNC(=S)NC(=O)c1ccc(Cl)cc1. The molecule has 164 valence electrons. The lowest BCUT2D eigenvalue weighted by atomic mass is 10.0. The molecule has 1 amide bonds. The van der Waals surface area contributed by atoms with Crippen LogP contribution in [0.15, 0.2) is 24.3 Å². The van der Waals surface area contributed by atoms with Crippen LogP contribution in [0.5, 0.6) is 0 Å². The van der Waals surface area contributed by atoms with Gasteiger partial charge in [0.15, 0.2) is 5.11 Å². The number of hydrogen-bond donors (Lipinski definition) is 2. The van der Waals surface area contributed by atoms with Crippen LogP contribution in [-0.2, 0) is 0 Å². The highest BCUT2D eigenvalue weighted by Crippen LogP contribution is 2.13. The summed E-state index contributed by atoms with van der Waals surface area (Å²) in [6.07, 6.45) is 18.9. The second kappa shape index (κ2) is 17.7. The summed E-state index contributed by atoms with van der Waals surface area (Å²) in [5, 5.41) is 6.81. The van der Waals surface area contributed by atoms with E-state index in [1.54, 1.807) is 24.3 Å². The van der Waals surface area contributed by atoms with E-state index in [9.17, 15) is 4.79 Å². The van der Waals surface area contributed by atoms with Crippen LogP contribution >= 0.6 is 23.8 Å². The Morgan fingerprint density at radius 3 is 1.72 bits per heavy atom. The highest BCUT2D eigenvalue weighted by molar-refractivity contribution is 7.80. The predicted molar refractivity (Wildman–Crippen MR) is 130 cm³/mol. The Labute approximate surface area is 188 Å². The molecule has 29 heavy (non-hydrogen) atoms. The van der Waals surface area contributed by atoms with Crippen molar-refractivity contribution in [3.8, 4) is 0 Å². The molecule has 0 aliphatic carbocycles. The lowest BCUT2D eigenvalue weighted by molar-refractivity contribution is 0.0976. The molecule has 0 aromatic heterocycles. The second-order valence-corrected chi connectivity index (χ2v) is 8.66. The topological polar surface area (TPSA) is 41.1 Å². The summed E-state index contributed by atoms with van der Waals surface area (Å²) in [6, 6.07) is 6.77. The molecule has 0 heterocycles. The van der Waals surface area contributed by atoms with Crippen LogP contribution in [0.25, 0.3) is 0 Å². The third-order valence-electron chi connectivity index (χ3n) is 5.15. The lowest BCUT2D eigenvalue weighted by Crippen LogP contribution is -2.39. The lowest BCUT2D eigenvalue weighted by Gasteiger charge is -2.09. The van der Waals surface area contributed by atoms with E-state index in [2.05, 4.69) is 17.6 Å². The van der Waals surface area contributed by atoms with Gasteiger partial charge in [-0.2, -0.15) is 0 Å². The van der Waals surface area contributed by atoms with Gasteiger partial charge in [-0.1, -0.05) is 102 Å². The molecule has 1 aromatic rings. The quantitative estimate of drug-likeness (QED) is 0.208. The number of halogens is 1. The van der Waals surface area contributed by atoms with Gasteiger partial charge < -0.3 is 5.32 Å². The minimum Gasteiger partial charge on any atom is -0.362 e. The molecule has 0 radical (unpaired) electrons. The first-order valence-corrected chi connectivity index (χ1v) is 12.3. The van der Waals surface area contributed by atoms with E-state index in [0.717, 1.165) is 13.0 Å². The molecule has 0 bridgehead atoms. The van der Waals surface area contributed by atoms with Crippen LogP contribution in [0.2, 0.25) is 5.02 Å². The van der Waals surface area contributed by atoms with Gasteiger partial charge in [0.05, 0.1) is 0 Å². The first-order valence-electron chi connectivity index (χ1n) is 11.5. The Morgan fingerprint density at radius 1 is 0.793 bits per heavy atom. The maximum Gasteiger partial charge on any atom is 0.257 e. The summed E-state index contributed by atoms with van der Waals surface area (Å²) in [4.78, 5) is 12.0. The predicted octanol–water partition coefficient (Wildman–Crippen LogP) is 7.43. The summed E-state index contributed by atoms with van der Waals surface area (Å²) in [7, 11) is 0. The Kier molecular flexibility index (Phi) is 15.8. The number of amides is 1. The molecule has 0 unspecified atom stereocenters. The van der Waals surface area contributed by atoms with Crippen molar-refractivity contribution in [3.05, 3.63) is 34.9 Å². The van der Waals surface area contributed by atoms with Crippen molar-refractivity contribution in [2.24, 2.45) is 0 Å². The molecule has 0 saturated heterocycles. The van der Waals surface area contributed by atoms with E-state index in [0.29, 0.717) is 15.7 Å². The van der Waals surface area contributed by atoms with Crippen LogP contribution in [0.1, 0.15) is 107 Å². The van der Waals surface area contributed by atoms with Gasteiger partial charge in [0, 0.05) is 17.1 Å². The average molecular weight is 439 g/mol. The highest BCUT2D eigenvalue weighted by Gasteiger charge is 2.07. The highest BCUT2D eigenvalue weighted by atomic mass is 35.5. The molecule has 0 fully saturated rings. The maximum atomic E-state index is 12.0. The number of benzene rings is 1. The fourth-order valence-corrected chi connectivity index (χ4v) is 3.66. The molecule has 0 atom stereocenters. The summed E-state index contributed by atoms with van der Waals surface area (Å²) < 4.78 is 0. The summed E-state index contributed by atoms with van der Waals surface area (Å²) in [5.41, 5.74) is 0.551. The van der Waals surface area contributed by atoms with Crippen molar-refractivity contribution >= 4 is 34.8 Å². The fourth-order valence-electron chi connectivity index (χ4n) is 3.34. The van der Waals surface area contributed by atoms with E-state index < -0.39 is 0 Å². The first kappa shape index (κ1) is 25.9. The zero-order chi connectivity index (χ0) is 21.2. The zero-order valence-electron chi connectivity index (χ0n) is 18.1. The minimum atomic E-state index is -0.208. The number of hydrogen-bond acceptors (Lipinski definition) is 2. The monoisotopic (exact) mass is 438 g/mol. The van der Waals surface area contributed by atoms with Gasteiger partial charge >= 0.3 is 0 Å². The first-order chi connectivity index (χ1) is 14.1. The van der Waals surface area contributed by atoms with E-state index in [1.807, 2.05) is 0 Å². The van der Waals surface area contributed by atoms with Crippen LogP contribution in [-0.4, -0.2) is 17.6 Å². The second-order valence-electron chi connectivity index (χ2n) is 7.81. The van der Waals surface area contributed by atoms with Gasteiger partial charge in [0.1, 0.15) is 0 Å². The standard InChI is InChI=1S/C24H39ClN2OS/c1-2-3-4-5-6-7-8-9-10-11-12-13-14-15-20-26-24(29)27-23(28)21-16-18-22(25)19-17-21/h16-19H,2-15,20H2,1H3,(H2,26,27,28,29). The van der Waals surface area contributed by atoms with Gasteiger partial charge in [0.2, 0.25) is 0 Å². The molecule has 0 saturated carbocycles. The normalized spacial score (nSPS) is 10.7. The van der Waals surface area contributed by atoms with Crippen molar-refractivity contribution in [1.82, 2.24) is 10.6 Å². The number of thiocarbonyl (C=S) groups is 1. The maximum absolute atomic E-state index is 12.0. The molecule has 1 rings (SSSR count). The molecule has 0 aliphatic heterocycles. The van der Waals surface area contributed by atoms with Gasteiger partial charge in [0.25, 0.3) is 5.91 Å². The number of carbonyl (C=O) groups excluding carboxylic acids is 1. The van der Waals surface area contributed by atoms with E-state index >= 15 is 0 Å². The molecule has 0 spiro atoms. The van der Waals surface area contributed by atoms with Gasteiger partial charge in [-0.05, 0) is 42.9 Å². The number of rotatable bonds is 16. The minimum absolute atomic E-state index is 0.208.